The third kappa shape index (κ3) is 2.30. The van der Waals surface area contributed by atoms with E-state index in [1.54, 1.807) is 4.90 Å². The number of carbonyl (C=O) groups excluding carboxylic acids is 1. The van der Waals surface area contributed by atoms with Crippen LogP contribution in [0.4, 0.5) is 0 Å². The molecule has 0 unspecified atom stereocenters. The Morgan fingerprint density at radius 3 is 2.20 bits per heavy atom. The maximum atomic E-state index is 11.9. The van der Waals surface area contributed by atoms with Gasteiger partial charge in [-0.2, -0.15) is 8.42 Å². The first-order valence-corrected chi connectivity index (χ1v) is 6.43. The van der Waals surface area contributed by atoms with E-state index in [9.17, 15) is 13.2 Å². The summed E-state index contributed by atoms with van der Waals surface area (Å²) in [5, 5.41) is 4.78. The molecule has 0 aromatic carbocycles. The fraction of sp³-hybridized carbons (Fsp3) is 0.875. The highest BCUT2D eigenvalue weighted by atomic mass is 32.2. The number of likely N-dealkylation sites (tertiary alicyclic amines) is 1. The lowest BCUT2D eigenvalue weighted by molar-refractivity contribution is -0.139. The number of rotatable bonds is 3. The molecule has 0 spiro atoms. The summed E-state index contributed by atoms with van der Waals surface area (Å²) in [7, 11) is -4.04. The molecule has 1 amide bonds. The van der Waals surface area contributed by atoms with Crippen LogP contribution in [0.15, 0.2) is 0 Å². The van der Waals surface area contributed by atoms with Gasteiger partial charge in [-0.15, -0.1) is 0 Å². The lowest BCUT2D eigenvalue weighted by Gasteiger charge is -2.21. The van der Waals surface area contributed by atoms with Crippen LogP contribution in [-0.2, 0) is 19.3 Å². The summed E-state index contributed by atoms with van der Waals surface area (Å²) in [6, 6.07) is 0. The van der Waals surface area contributed by atoms with Gasteiger partial charge in [-0.1, -0.05) is 0 Å². The van der Waals surface area contributed by atoms with Gasteiger partial charge in [-0.05, 0) is 25.7 Å². The second kappa shape index (κ2) is 3.43. The Hall–Kier alpha value is -0.660. The Labute approximate surface area is 88.6 Å². The first-order valence-electron chi connectivity index (χ1n) is 4.96. The smallest absolute Gasteiger partial charge is 0.334 e. The van der Waals surface area contributed by atoms with Crippen molar-refractivity contribution in [3.05, 3.63) is 0 Å². The van der Waals surface area contributed by atoms with Crippen LogP contribution in [0.25, 0.3) is 0 Å². The maximum Gasteiger partial charge on any atom is 0.334 e. The van der Waals surface area contributed by atoms with Gasteiger partial charge in [-0.25, -0.2) is 9.32 Å². The predicted octanol–water partition coefficient (Wildman–Crippen LogP) is -0.639. The fourth-order valence-electron chi connectivity index (χ4n) is 1.88. The Balaban J connectivity index is 2.06. The van der Waals surface area contributed by atoms with E-state index in [0.29, 0.717) is 25.9 Å². The summed E-state index contributed by atoms with van der Waals surface area (Å²) < 4.78 is 26.3. The van der Waals surface area contributed by atoms with Gasteiger partial charge in [0.1, 0.15) is 0 Å². The zero-order valence-electron chi connectivity index (χ0n) is 8.31. The van der Waals surface area contributed by atoms with Gasteiger partial charge < -0.3 is 4.90 Å². The standard InChI is InChI=1S/C8H14N2O4S/c9-15(12,13)14-8(3-4-8)7(11)10-5-1-2-6-10/h1-6H2,(H2,9,12,13). The Morgan fingerprint density at radius 1 is 1.27 bits per heavy atom. The highest BCUT2D eigenvalue weighted by Crippen LogP contribution is 2.42. The largest absolute Gasteiger partial charge is 0.340 e. The maximum absolute atomic E-state index is 11.9. The van der Waals surface area contributed by atoms with Crippen LogP contribution in [0, 0.1) is 0 Å². The third-order valence-corrected chi connectivity index (χ3v) is 3.31. The number of hydrogen-bond donors (Lipinski definition) is 1. The number of hydrogen-bond acceptors (Lipinski definition) is 4. The average molecular weight is 234 g/mol. The number of nitrogens with zero attached hydrogens (tertiary/aromatic N) is 1. The molecule has 1 saturated heterocycles. The molecule has 6 nitrogen and oxygen atoms in total. The molecule has 2 N–H and O–H groups in total. The minimum atomic E-state index is -4.04. The van der Waals surface area contributed by atoms with Gasteiger partial charge in [0, 0.05) is 13.1 Å². The van der Waals surface area contributed by atoms with Crippen LogP contribution in [-0.4, -0.2) is 37.9 Å². The first-order chi connectivity index (χ1) is 6.93. The quantitative estimate of drug-likeness (QED) is 0.703. The van der Waals surface area contributed by atoms with Crippen LogP contribution in [0.2, 0.25) is 0 Å². The molecule has 0 aromatic rings. The second-order valence-electron chi connectivity index (χ2n) is 4.07. The molecule has 0 bridgehead atoms. The molecule has 2 fully saturated rings. The Morgan fingerprint density at radius 2 is 1.80 bits per heavy atom. The molecule has 0 radical (unpaired) electrons. The molecule has 7 heteroatoms. The minimum Gasteiger partial charge on any atom is -0.340 e. The van der Waals surface area contributed by atoms with Crippen molar-refractivity contribution < 1.29 is 17.4 Å². The molecule has 2 aliphatic rings. The molecular weight excluding hydrogens is 220 g/mol. The summed E-state index contributed by atoms with van der Waals surface area (Å²) in [4.78, 5) is 13.5. The van der Waals surface area contributed by atoms with Crippen molar-refractivity contribution in [3.8, 4) is 0 Å². The zero-order chi connectivity index (χ0) is 11.1. The van der Waals surface area contributed by atoms with Gasteiger partial charge in [0.25, 0.3) is 5.91 Å². The van der Waals surface area contributed by atoms with E-state index in [4.69, 9.17) is 5.14 Å². The van der Waals surface area contributed by atoms with Crippen molar-refractivity contribution >= 4 is 16.2 Å². The molecule has 0 atom stereocenters. The molecule has 15 heavy (non-hydrogen) atoms. The summed E-state index contributed by atoms with van der Waals surface area (Å²) in [6.45, 7) is 1.38. The average Bonchev–Trinajstić information content (AvgIpc) is 2.68. The summed E-state index contributed by atoms with van der Waals surface area (Å²) >= 11 is 0. The zero-order valence-corrected chi connectivity index (χ0v) is 9.12. The van der Waals surface area contributed by atoms with Crippen molar-refractivity contribution in [2.75, 3.05) is 13.1 Å². The second-order valence-corrected chi connectivity index (χ2v) is 5.22. The first kappa shape index (κ1) is 10.8. The van der Waals surface area contributed by atoms with E-state index in [2.05, 4.69) is 4.18 Å². The molecule has 86 valence electrons. The van der Waals surface area contributed by atoms with Crippen LogP contribution >= 0.6 is 0 Å². The van der Waals surface area contributed by atoms with E-state index >= 15 is 0 Å². The fourth-order valence-corrected chi connectivity index (χ4v) is 2.56. The molecule has 0 aromatic heterocycles. The summed E-state index contributed by atoms with van der Waals surface area (Å²) in [5.41, 5.74) is -1.17. The van der Waals surface area contributed by atoms with Crippen LogP contribution in [0.3, 0.4) is 0 Å². The van der Waals surface area contributed by atoms with Crippen molar-refractivity contribution in [3.63, 3.8) is 0 Å². The monoisotopic (exact) mass is 234 g/mol. The topological polar surface area (TPSA) is 89.7 Å². The Bertz CT molecular complexity index is 368. The molecule has 1 aliphatic heterocycles. The van der Waals surface area contributed by atoms with Crippen LogP contribution in [0.1, 0.15) is 25.7 Å². The van der Waals surface area contributed by atoms with E-state index in [1.807, 2.05) is 0 Å². The highest BCUT2D eigenvalue weighted by Gasteiger charge is 2.56. The molecular formula is C8H14N2O4S. The number of amides is 1. The molecule has 2 rings (SSSR count). The highest BCUT2D eigenvalue weighted by molar-refractivity contribution is 7.84. The third-order valence-electron chi connectivity index (χ3n) is 2.76. The number of carbonyl (C=O) groups is 1. The minimum absolute atomic E-state index is 0.228. The normalized spacial score (nSPS) is 24.2. The van der Waals surface area contributed by atoms with E-state index in [1.165, 1.54) is 0 Å². The van der Waals surface area contributed by atoms with Gasteiger partial charge in [-0.3, -0.25) is 4.79 Å². The SMILES string of the molecule is NS(=O)(=O)OC1(C(=O)N2CCCC2)CC1. The lowest BCUT2D eigenvalue weighted by Crippen LogP contribution is -2.42. The van der Waals surface area contributed by atoms with Crippen molar-refractivity contribution in [1.29, 1.82) is 0 Å². The van der Waals surface area contributed by atoms with E-state index in [0.717, 1.165) is 12.8 Å². The van der Waals surface area contributed by atoms with Crippen molar-refractivity contribution in [2.45, 2.75) is 31.3 Å². The summed E-state index contributed by atoms with van der Waals surface area (Å²) in [5.74, 6) is -0.228. The van der Waals surface area contributed by atoms with Gasteiger partial charge in [0.2, 0.25) is 0 Å². The predicted molar refractivity (Wildman–Crippen MR) is 52.0 cm³/mol. The van der Waals surface area contributed by atoms with Crippen molar-refractivity contribution in [1.82, 2.24) is 4.90 Å². The van der Waals surface area contributed by atoms with Crippen LogP contribution in [0.5, 0.6) is 0 Å². The van der Waals surface area contributed by atoms with Gasteiger partial charge in [0.05, 0.1) is 0 Å². The van der Waals surface area contributed by atoms with Crippen LogP contribution < -0.4 is 5.14 Å². The van der Waals surface area contributed by atoms with Gasteiger partial charge in [0.15, 0.2) is 5.60 Å². The van der Waals surface area contributed by atoms with Crippen molar-refractivity contribution in [2.24, 2.45) is 5.14 Å². The molecule has 1 saturated carbocycles. The molecule has 1 aliphatic carbocycles. The van der Waals surface area contributed by atoms with Gasteiger partial charge >= 0.3 is 10.3 Å². The summed E-state index contributed by atoms with van der Waals surface area (Å²) in [6.07, 6.45) is 2.83. The number of nitrogens with two attached hydrogens (primary N) is 1. The lowest BCUT2D eigenvalue weighted by atomic mass is 10.3. The Kier molecular flexibility index (Phi) is 2.48. The molecule has 1 heterocycles. The van der Waals surface area contributed by atoms with E-state index in [-0.39, 0.29) is 5.91 Å². The van der Waals surface area contributed by atoms with E-state index < -0.39 is 15.9 Å².